The van der Waals surface area contributed by atoms with Crippen LogP contribution in [0.15, 0.2) is 54.6 Å². The van der Waals surface area contributed by atoms with Gasteiger partial charge in [0.15, 0.2) is 5.69 Å². The van der Waals surface area contributed by atoms with Crippen LogP contribution >= 0.6 is 24.0 Å². The molecule has 0 amide bonds. The Hall–Kier alpha value is -2.18. The molecule has 1 aromatic heterocycles. The van der Waals surface area contributed by atoms with Crippen LogP contribution in [-0.2, 0) is 9.47 Å². The molecule has 29 heavy (non-hydrogen) atoms. The van der Waals surface area contributed by atoms with Gasteiger partial charge in [0, 0.05) is 30.6 Å². The number of carbonyl (C=O) groups excluding carboxylic acids is 1. The Morgan fingerprint density at radius 1 is 1.03 bits per heavy atom. The number of nitrogens with zero attached hydrogens (tertiary/aromatic N) is 2. The van der Waals surface area contributed by atoms with E-state index in [1.165, 1.54) is 0 Å². The molecule has 1 aliphatic rings. The number of aromatic nitrogens is 1. The summed E-state index contributed by atoms with van der Waals surface area (Å²) in [6, 6.07) is 17.4. The van der Waals surface area contributed by atoms with Gasteiger partial charge < -0.3 is 9.47 Å². The second-order valence-electron chi connectivity index (χ2n) is 6.63. The van der Waals surface area contributed by atoms with Gasteiger partial charge in [0.25, 0.3) is 0 Å². The maximum atomic E-state index is 12.9. The molecule has 0 N–H and O–H groups in total. The third-order valence-corrected chi connectivity index (χ3v) is 5.15. The van der Waals surface area contributed by atoms with Crippen molar-refractivity contribution in [2.75, 3.05) is 39.5 Å². The summed E-state index contributed by atoms with van der Waals surface area (Å²) in [6.45, 7) is 4.12. The van der Waals surface area contributed by atoms with Crippen LogP contribution in [0.4, 0.5) is 0 Å². The number of rotatable bonds is 5. The first kappa shape index (κ1) is 21.5. The Kier molecular flexibility index (Phi) is 7.45. The number of carbonyl (C=O) groups is 1. The van der Waals surface area contributed by atoms with Crippen LogP contribution in [0.1, 0.15) is 10.5 Å². The molecule has 4 rings (SSSR count). The minimum atomic E-state index is -0.459. The van der Waals surface area contributed by atoms with Crippen molar-refractivity contribution in [2.24, 2.45) is 0 Å². The van der Waals surface area contributed by atoms with E-state index >= 15 is 0 Å². The van der Waals surface area contributed by atoms with Crippen LogP contribution in [0.5, 0.6) is 0 Å². The molecule has 0 bridgehead atoms. The normalized spacial score (nSPS) is 14.4. The van der Waals surface area contributed by atoms with Crippen molar-refractivity contribution < 1.29 is 14.3 Å². The number of halogens is 2. The highest BCUT2D eigenvalue weighted by Crippen LogP contribution is 2.34. The van der Waals surface area contributed by atoms with E-state index in [1.54, 1.807) is 0 Å². The second kappa shape index (κ2) is 10.0. The van der Waals surface area contributed by atoms with Crippen LogP contribution < -0.4 is 0 Å². The topological polar surface area (TPSA) is 51.7 Å². The summed E-state index contributed by atoms with van der Waals surface area (Å²) < 4.78 is 10.9. The van der Waals surface area contributed by atoms with Crippen molar-refractivity contribution in [1.82, 2.24) is 9.88 Å². The number of fused-ring (bicyclic) bond motifs is 1. The van der Waals surface area contributed by atoms with Gasteiger partial charge in [-0.2, -0.15) is 0 Å². The Morgan fingerprint density at radius 3 is 2.41 bits per heavy atom. The van der Waals surface area contributed by atoms with E-state index in [0.717, 1.165) is 35.0 Å². The zero-order chi connectivity index (χ0) is 19.3. The molecule has 152 valence electrons. The molecule has 2 heterocycles. The monoisotopic (exact) mass is 432 g/mol. The molecule has 3 aromatic rings. The van der Waals surface area contributed by atoms with Gasteiger partial charge in [-0.05, 0) is 10.9 Å². The fourth-order valence-corrected chi connectivity index (χ4v) is 3.68. The average Bonchev–Trinajstić information content (AvgIpc) is 2.75. The highest BCUT2D eigenvalue weighted by atomic mass is 35.5. The van der Waals surface area contributed by atoms with Gasteiger partial charge in [-0.15, -0.1) is 12.4 Å². The van der Waals surface area contributed by atoms with E-state index in [0.29, 0.717) is 31.5 Å². The molecule has 0 radical (unpaired) electrons. The number of hydrogen-bond acceptors (Lipinski definition) is 5. The number of morpholine rings is 1. The molecule has 0 aliphatic carbocycles. The van der Waals surface area contributed by atoms with Crippen molar-refractivity contribution in [3.05, 3.63) is 65.4 Å². The van der Waals surface area contributed by atoms with Crippen LogP contribution in [0, 0.1) is 0 Å². The number of hydrogen-bond donors (Lipinski definition) is 0. The highest BCUT2D eigenvalue weighted by Gasteiger charge is 2.21. The molecular weight excluding hydrogens is 411 g/mol. The van der Waals surface area contributed by atoms with Gasteiger partial charge >= 0.3 is 5.97 Å². The fourth-order valence-electron chi connectivity index (χ4n) is 3.43. The lowest BCUT2D eigenvalue weighted by Gasteiger charge is -2.26. The molecule has 0 saturated carbocycles. The van der Waals surface area contributed by atoms with E-state index in [2.05, 4.69) is 9.88 Å². The Labute approximate surface area is 181 Å². The van der Waals surface area contributed by atoms with E-state index in [9.17, 15) is 4.79 Å². The average molecular weight is 433 g/mol. The summed E-state index contributed by atoms with van der Waals surface area (Å²) in [6.07, 6.45) is 0. The third kappa shape index (κ3) is 4.87. The maximum absolute atomic E-state index is 12.9. The van der Waals surface area contributed by atoms with Crippen LogP contribution in [-0.4, -0.2) is 55.3 Å². The Morgan fingerprint density at radius 2 is 1.69 bits per heavy atom. The molecule has 0 unspecified atom stereocenters. The van der Waals surface area contributed by atoms with Gasteiger partial charge in [0.1, 0.15) is 11.8 Å². The van der Waals surface area contributed by atoms with Gasteiger partial charge in [0.05, 0.1) is 13.2 Å². The number of pyridine rings is 1. The number of ether oxygens (including phenoxy) is 2. The molecule has 5 nitrogen and oxygen atoms in total. The zero-order valence-electron chi connectivity index (χ0n) is 15.8. The van der Waals surface area contributed by atoms with Crippen molar-refractivity contribution >= 4 is 40.7 Å². The summed E-state index contributed by atoms with van der Waals surface area (Å²) in [7, 11) is 0. The summed E-state index contributed by atoms with van der Waals surface area (Å²) in [5, 5.41) is 2.00. The molecule has 0 spiro atoms. The van der Waals surface area contributed by atoms with Gasteiger partial charge in [-0.1, -0.05) is 66.2 Å². The second-order valence-corrected chi connectivity index (χ2v) is 6.99. The molecule has 2 aromatic carbocycles. The van der Waals surface area contributed by atoms with Gasteiger partial charge in [-0.3, -0.25) is 4.90 Å². The molecule has 7 heteroatoms. The smallest absolute Gasteiger partial charge is 0.357 e. The number of benzene rings is 2. The molecule has 1 aliphatic heterocycles. The lowest BCUT2D eigenvalue weighted by atomic mass is 9.97. The van der Waals surface area contributed by atoms with Crippen LogP contribution in [0.25, 0.3) is 21.9 Å². The van der Waals surface area contributed by atoms with Crippen molar-refractivity contribution in [3.63, 3.8) is 0 Å². The maximum Gasteiger partial charge on any atom is 0.357 e. The Bertz CT molecular complexity index is 976. The molecule has 1 fully saturated rings. The SMILES string of the molecule is Cl.O=C(OCCN1CCOCC1)c1nc(Cl)c2ccccc2c1-c1ccccc1. The first-order valence-electron chi connectivity index (χ1n) is 9.35. The fraction of sp³-hybridized carbons (Fsp3) is 0.273. The van der Waals surface area contributed by atoms with Crippen LogP contribution in [0.3, 0.4) is 0 Å². The van der Waals surface area contributed by atoms with Crippen molar-refractivity contribution in [3.8, 4) is 11.1 Å². The van der Waals surface area contributed by atoms with Crippen molar-refractivity contribution in [2.45, 2.75) is 0 Å². The van der Waals surface area contributed by atoms with E-state index in [-0.39, 0.29) is 18.1 Å². The minimum absolute atomic E-state index is 0. The summed E-state index contributed by atoms with van der Waals surface area (Å²) in [5.74, 6) is -0.459. The van der Waals surface area contributed by atoms with E-state index < -0.39 is 5.97 Å². The van der Waals surface area contributed by atoms with Crippen molar-refractivity contribution in [1.29, 1.82) is 0 Å². The zero-order valence-corrected chi connectivity index (χ0v) is 17.4. The summed E-state index contributed by atoms with van der Waals surface area (Å²) in [5.41, 5.74) is 1.90. The van der Waals surface area contributed by atoms with Gasteiger partial charge in [-0.25, -0.2) is 9.78 Å². The lowest BCUT2D eigenvalue weighted by molar-refractivity contribution is 0.0193. The minimum Gasteiger partial charge on any atom is -0.460 e. The third-order valence-electron chi connectivity index (χ3n) is 4.87. The first-order chi connectivity index (χ1) is 13.7. The summed E-state index contributed by atoms with van der Waals surface area (Å²) >= 11 is 6.38. The van der Waals surface area contributed by atoms with E-state index in [1.807, 2.05) is 54.6 Å². The number of esters is 1. The molecule has 1 saturated heterocycles. The molecule has 0 atom stereocenters. The standard InChI is InChI=1S/C22H21ClN2O3.ClH/c23-21-18-9-5-4-8-17(18)19(16-6-2-1-3-7-16)20(24-21)22(26)28-15-12-25-10-13-27-14-11-25;/h1-9H,10-15H2;1H. The lowest BCUT2D eigenvalue weighted by Crippen LogP contribution is -2.38. The van der Waals surface area contributed by atoms with Gasteiger partial charge in [0.2, 0.25) is 0 Å². The first-order valence-corrected chi connectivity index (χ1v) is 9.73. The van der Waals surface area contributed by atoms with E-state index in [4.69, 9.17) is 21.1 Å². The highest BCUT2D eigenvalue weighted by molar-refractivity contribution is 6.35. The quantitative estimate of drug-likeness (QED) is 0.439. The predicted molar refractivity (Wildman–Crippen MR) is 117 cm³/mol. The Balaban J connectivity index is 0.00000240. The summed E-state index contributed by atoms with van der Waals surface area (Å²) in [4.78, 5) is 19.5. The van der Waals surface area contributed by atoms with Crippen LogP contribution in [0.2, 0.25) is 5.15 Å². The predicted octanol–water partition coefficient (Wildman–Crippen LogP) is 4.47. The molecular formula is C22H22Cl2N2O3. The largest absolute Gasteiger partial charge is 0.460 e.